The molecular weight excluding hydrogens is 274 g/mol. The standard InChI is InChI=1S/C14H19N3O2S/c1-10(2)14-15-12(16-19-14)9-17(3)13(18)7-6-11-5-4-8-20-11/h4-5,8,10H,6-7,9H2,1-3H3. The van der Waals surface area contributed by atoms with Gasteiger partial charge in [0.2, 0.25) is 11.8 Å². The summed E-state index contributed by atoms with van der Waals surface area (Å²) < 4.78 is 5.13. The van der Waals surface area contributed by atoms with Crippen LogP contribution in [0.15, 0.2) is 22.0 Å². The normalized spacial score (nSPS) is 11.0. The van der Waals surface area contributed by atoms with Gasteiger partial charge in [-0.05, 0) is 17.9 Å². The minimum atomic E-state index is 0.0919. The van der Waals surface area contributed by atoms with Gasteiger partial charge in [-0.2, -0.15) is 4.98 Å². The number of aryl methyl sites for hydroxylation is 1. The van der Waals surface area contributed by atoms with E-state index in [0.717, 1.165) is 6.42 Å². The van der Waals surface area contributed by atoms with Crippen LogP contribution in [0.2, 0.25) is 0 Å². The molecule has 0 aromatic carbocycles. The van der Waals surface area contributed by atoms with Gasteiger partial charge >= 0.3 is 0 Å². The molecule has 0 aliphatic carbocycles. The van der Waals surface area contributed by atoms with Crippen molar-refractivity contribution in [1.29, 1.82) is 0 Å². The summed E-state index contributed by atoms with van der Waals surface area (Å²) in [5, 5.41) is 5.92. The lowest BCUT2D eigenvalue weighted by molar-refractivity contribution is -0.130. The van der Waals surface area contributed by atoms with E-state index in [1.807, 2.05) is 31.4 Å². The zero-order valence-electron chi connectivity index (χ0n) is 12.0. The van der Waals surface area contributed by atoms with Gasteiger partial charge in [0, 0.05) is 24.3 Å². The number of hydrogen-bond acceptors (Lipinski definition) is 5. The van der Waals surface area contributed by atoms with E-state index in [9.17, 15) is 4.79 Å². The third-order valence-corrected chi connectivity index (χ3v) is 3.88. The van der Waals surface area contributed by atoms with E-state index in [1.165, 1.54) is 4.88 Å². The number of hydrogen-bond donors (Lipinski definition) is 0. The minimum Gasteiger partial charge on any atom is -0.339 e. The fourth-order valence-electron chi connectivity index (χ4n) is 1.74. The highest BCUT2D eigenvalue weighted by Gasteiger charge is 2.15. The van der Waals surface area contributed by atoms with Gasteiger partial charge in [-0.1, -0.05) is 25.1 Å². The SMILES string of the molecule is CC(C)c1nc(CN(C)C(=O)CCc2cccs2)no1. The predicted octanol–water partition coefficient (Wildman–Crippen LogP) is 2.85. The molecule has 0 aliphatic rings. The molecule has 2 aromatic heterocycles. The van der Waals surface area contributed by atoms with Crippen molar-refractivity contribution in [2.24, 2.45) is 0 Å². The summed E-state index contributed by atoms with van der Waals surface area (Å²) >= 11 is 1.68. The molecule has 2 aromatic rings. The zero-order valence-corrected chi connectivity index (χ0v) is 12.8. The lowest BCUT2D eigenvalue weighted by Crippen LogP contribution is -2.26. The smallest absolute Gasteiger partial charge is 0.229 e. The highest BCUT2D eigenvalue weighted by atomic mass is 32.1. The fraction of sp³-hybridized carbons (Fsp3) is 0.500. The maximum atomic E-state index is 12.0. The van der Waals surface area contributed by atoms with Crippen molar-refractivity contribution in [3.8, 4) is 0 Å². The van der Waals surface area contributed by atoms with Crippen LogP contribution in [0, 0.1) is 0 Å². The fourth-order valence-corrected chi connectivity index (χ4v) is 2.45. The number of carbonyl (C=O) groups is 1. The quantitative estimate of drug-likeness (QED) is 0.821. The summed E-state index contributed by atoms with van der Waals surface area (Å²) in [6.07, 6.45) is 1.29. The first kappa shape index (κ1) is 14.7. The highest BCUT2D eigenvalue weighted by molar-refractivity contribution is 7.09. The average molecular weight is 293 g/mol. The Morgan fingerprint density at radius 1 is 1.50 bits per heavy atom. The Bertz CT molecular complexity index is 549. The van der Waals surface area contributed by atoms with Crippen molar-refractivity contribution < 1.29 is 9.32 Å². The average Bonchev–Trinajstić information content (AvgIpc) is 3.06. The second kappa shape index (κ2) is 6.65. The summed E-state index contributed by atoms with van der Waals surface area (Å²) in [5.41, 5.74) is 0. The van der Waals surface area contributed by atoms with Crippen LogP contribution in [0.1, 0.15) is 42.8 Å². The Morgan fingerprint density at radius 2 is 2.30 bits per heavy atom. The lowest BCUT2D eigenvalue weighted by atomic mass is 10.2. The van der Waals surface area contributed by atoms with E-state index >= 15 is 0 Å². The summed E-state index contributed by atoms with van der Waals surface area (Å²) in [6.45, 7) is 4.37. The largest absolute Gasteiger partial charge is 0.339 e. The van der Waals surface area contributed by atoms with Gasteiger partial charge in [0.1, 0.15) is 0 Å². The van der Waals surface area contributed by atoms with Gasteiger partial charge in [0.05, 0.1) is 6.54 Å². The first-order valence-electron chi connectivity index (χ1n) is 6.65. The van der Waals surface area contributed by atoms with Crippen molar-refractivity contribution in [1.82, 2.24) is 15.0 Å². The van der Waals surface area contributed by atoms with E-state index in [-0.39, 0.29) is 11.8 Å². The van der Waals surface area contributed by atoms with Gasteiger partial charge in [0.15, 0.2) is 5.82 Å². The molecule has 1 amide bonds. The Morgan fingerprint density at radius 3 is 2.90 bits per heavy atom. The number of thiophene rings is 1. The molecule has 20 heavy (non-hydrogen) atoms. The van der Waals surface area contributed by atoms with Gasteiger partial charge in [0.25, 0.3) is 0 Å². The van der Waals surface area contributed by atoms with E-state index < -0.39 is 0 Å². The van der Waals surface area contributed by atoms with Crippen LogP contribution in [0.5, 0.6) is 0 Å². The molecule has 0 aliphatic heterocycles. The van der Waals surface area contributed by atoms with Crippen molar-refractivity contribution in [3.05, 3.63) is 34.1 Å². The molecule has 0 saturated heterocycles. The molecule has 2 rings (SSSR count). The molecule has 0 spiro atoms. The number of carbonyl (C=O) groups excluding carboxylic acids is 1. The van der Waals surface area contributed by atoms with Crippen LogP contribution in [0.3, 0.4) is 0 Å². The Labute approximate surface area is 122 Å². The molecule has 108 valence electrons. The van der Waals surface area contributed by atoms with Crippen molar-refractivity contribution in [3.63, 3.8) is 0 Å². The Hall–Kier alpha value is -1.69. The monoisotopic (exact) mass is 293 g/mol. The predicted molar refractivity (Wildman–Crippen MR) is 77.5 cm³/mol. The maximum absolute atomic E-state index is 12.0. The molecule has 5 nitrogen and oxygen atoms in total. The van der Waals surface area contributed by atoms with Crippen LogP contribution < -0.4 is 0 Å². The molecule has 2 heterocycles. The minimum absolute atomic E-state index is 0.0919. The van der Waals surface area contributed by atoms with E-state index in [2.05, 4.69) is 10.1 Å². The number of amides is 1. The van der Waals surface area contributed by atoms with Gasteiger partial charge in [-0.25, -0.2) is 0 Å². The van der Waals surface area contributed by atoms with E-state index in [4.69, 9.17) is 4.52 Å². The van der Waals surface area contributed by atoms with Crippen LogP contribution >= 0.6 is 11.3 Å². The second-order valence-corrected chi connectivity index (χ2v) is 6.06. The summed E-state index contributed by atoms with van der Waals surface area (Å²) in [4.78, 5) is 19.2. The Balaban J connectivity index is 1.83. The van der Waals surface area contributed by atoms with E-state index in [0.29, 0.717) is 24.7 Å². The third-order valence-electron chi connectivity index (χ3n) is 2.95. The molecule has 0 radical (unpaired) electrons. The molecule has 0 bridgehead atoms. The molecule has 0 N–H and O–H groups in total. The molecule has 0 atom stereocenters. The first-order valence-corrected chi connectivity index (χ1v) is 7.53. The van der Waals surface area contributed by atoms with Crippen LogP contribution in [-0.2, 0) is 17.8 Å². The van der Waals surface area contributed by atoms with Crippen molar-refractivity contribution in [2.75, 3.05) is 7.05 Å². The summed E-state index contributed by atoms with van der Waals surface area (Å²) in [6, 6.07) is 4.05. The van der Waals surface area contributed by atoms with Crippen LogP contribution in [-0.4, -0.2) is 28.0 Å². The summed E-state index contributed by atoms with van der Waals surface area (Å²) in [7, 11) is 1.77. The molecule has 6 heteroatoms. The summed E-state index contributed by atoms with van der Waals surface area (Å²) in [5.74, 6) is 1.46. The van der Waals surface area contributed by atoms with Gasteiger partial charge in [-0.15, -0.1) is 11.3 Å². The number of aromatic nitrogens is 2. The molecule has 0 fully saturated rings. The van der Waals surface area contributed by atoms with Gasteiger partial charge in [-0.3, -0.25) is 4.79 Å². The molecule has 0 unspecified atom stereocenters. The number of nitrogens with zero attached hydrogens (tertiary/aromatic N) is 3. The Kier molecular flexibility index (Phi) is 4.89. The first-order chi connectivity index (χ1) is 9.56. The zero-order chi connectivity index (χ0) is 14.5. The van der Waals surface area contributed by atoms with E-state index in [1.54, 1.807) is 23.3 Å². The second-order valence-electron chi connectivity index (χ2n) is 5.03. The molecular formula is C14H19N3O2S. The highest BCUT2D eigenvalue weighted by Crippen LogP contribution is 2.13. The lowest BCUT2D eigenvalue weighted by Gasteiger charge is -2.14. The van der Waals surface area contributed by atoms with Crippen molar-refractivity contribution in [2.45, 2.75) is 39.2 Å². The number of rotatable bonds is 6. The van der Waals surface area contributed by atoms with Gasteiger partial charge < -0.3 is 9.42 Å². The van der Waals surface area contributed by atoms with Crippen LogP contribution in [0.4, 0.5) is 0 Å². The van der Waals surface area contributed by atoms with Crippen molar-refractivity contribution >= 4 is 17.2 Å². The maximum Gasteiger partial charge on any atom is 0.229 e. The third kappa shape index (κ3) is 3.90. The molecule has 0 saturated carbocycles. The topological polar surface area (TPSA) is 59.2 Å². The van der Waals surface area contributed by atoms with Crippen LogP contribution in [0.25, 0.3) is 0 Å².